The van der Waals surface area contributed by atoms with E-state index in [4.69, 9.17) is 16.7 Å². The lowest BCUT2D eigenvalue weighted by atomic mass is 10.0. The second-order valence-electron chi connectivity index (χ2n) is 7.94. The standard InChI is InChI=1S/C24H29ClN4OS/c1-2-31-26-13-15-28-14-5-6-20(28)17-29-24(30)22-8-4-3-7-21(22)23(27-29)16-18-9-11-19(25)12-10-18/h3-4,7-12,20,26H,2,5-6,13-17H2,1H3. The first kappa shape index (κ1) is 22.3. The van der Waals surface area contributed by atoms with Crippen molar-refractivity contribution in [3.63, 3.8) is 0 Å². The first-order valence-corrected chi connectivity index (χ1v) is 12.3. The molecule has 2 heterocycles. The van der Waals surface area contributed by atoms with Crippen LogP contribution >= 0.6 is 23.5 Å². The van der Waals surface area contributed by atoms with Gasteiger partial charge in [0.05, 0.1) is 17.6 Å². The number of benzene rings is 2. The fraction of sp³-hybridized carbons (Fsp3) is 0.417. The van der Waals surface area contributed by atoms with Crippen molar-refractivity contribution in [2.45, 2.75) is 38.8 Å². The normalized spacial score (nSPS) is 16.9. The van der Waals surface area contributed by atoms with Crippen molar-refractivity contribution in [3.05, 3.63) is 75.2 Å². The molecule has 1 N–H and O–H groups in total. The molecule has 31 heavy (non-hydrogen) atoms. The molecular formula is C24H29ClN4OS. The molecule has 0 spiro atoms. The summed E-state index contributed by atoms with van der Waals surface area (Å²) in [5.74, 6) is 1.07. The van der Waals surface area contributed by atoms with Gasteiger partial charge in [-0.3, -0.25) is 14.4 Å². The van der Waals surface area contributed by atoms with Gasteiger partial charge in [-0.05, 0) is 43.1 Å². The van der Waals surface area contributed by atoms with Crippen LogP contribution in [0.3, 0.4) is 0 Å². The third-order valence-corrected chi connectivity index (χ3v) is 6.81. The second-order valence-corrected chi connectivity index (χ2v) is 9.53. The average molecular weight is 457 g/mol. The van der Waals surface area contributed by atoms with Crippen LogP contribution in [0.15, 0.2) is 53.3 Å². The molecule has 1 unspecified atom stereocenters. The van der Waals surface area contributed by atoms with Crippen molar-refractivity contribution in [1.82, 2.24) is 19.4 Å². The molecule has 164 valence electrons. The van der Waals surface area contributed by atoms with Crippen molar-refractivity contribution in [2.24, 2.45) is 0 Å². The summed E-state index contributed by atoms with van der Waals surface area (Å²) in [4.78, 5) is 15.7. The second kappa shape index (κ2) is 10.6. The minimum absolute atomic E-state index is 0.00182. The van der Waals surface area contributed by atoms with Gasteiger partial charge in [0.15, 0.2) is 0 Å². The van der Waals surface area contributed by atoms with Crippen molar-refractivity contribution >= 4 is 34.3 Å². The molecule has 1 fully saturated rings. The minimum Gasteiger partial charge on any atom is -0.297 e. The summed E-state index contributed by atoms with van der Waals surface area (Å²) in [6.07, 6.45) is 2.95. The maximum absolute atomic E-state index is 13.2. The summed E-state index contributed by atoms with van der Waals surface area (Å²) < 4.78 is 5.10. The number of halogens is 1. The third kappa shape index (κ3) is 5.50. The van der Waals surface area contributed by atoms with E-state index in [1.165, 1.54) is 6.42 Å². The van der Waals surface area contributed by atoms with Gasteiger partial charge in [-0.25, -0.2) is 4.68 Å². The van der Waals surface area contributed by atoms with E-state index in [9.17, 15) is 4.79 Å². The quantitative estimate of drug-likeness (QED) is 0.383. The van der Waals surface area contributed by atoms with Crippen LogP contribution in [-0.4, -0.2) is 46.1 Å². The monoisotopic (exact) mass is 456 g/mol. The number of nitrogens with zero attached hydrogens (tertiary/aromatic N) is 3. The molecule has 5 nitrogen and oxygen atoms in total. The number of likely N-dealkylation sites (tertiary alicyclic amines) is 1. The van der Waals surface area contributed by atoms with E-state index < -0.39 is 0 Å². The Morgan fingerprint density at radius 3 is 2.71 bits per heavy atom. The lowest BCUT2D eigenvalue weighted by Gasteiger charge is -2.25. The van der Waals surface area contributed by atoms with E-state index in [0.717, 1.165) is 58.9 Å². The van der Waals surface area contributed by atoms with E-state index in [1.807, 2.05) is 48.5 Å². The van der Waals surface area contributed by atoms with Crippen LogP contribution in [0.5, 0.6) is 0 Å². The Labute approximate surface area is 192 Å². The lowest BCUT2D eigenvalue weighted by molar-refractivity contribution is 0.229. The molecule has 0 amide bonds. The van der Waals surface area contributed by atoms with Crippen LogP contribution in [0, 0.1) is 0 Å². The van der Waals surface area contributed by atoms with Crippen molar-refractivity contribution < 1.29 is 0 Å². The highest BCUT2D eigenvalue weighted by Crippen LogP contribution is 2.21. The first-order valence-electron chi connectivity index (χ1n) is 11.0. The van der Waals surface area contributed by atoms with Crippen molar-refractivity contribution in [2.75, 3.05) is 25.4 Å². The van der Waals surface area contributed by atoms with E-state index in [1.54, 1.807) is 16.6 Å². The maximum atomic E-state index is 13.2. The predicted octanol–water partition coefficient (Wildman–Crippen LogP) is 4.36. The van der Waals surface area contributed by atoms with Gasteiger partial charge in [0.25, 0.3) is 5.56 Å². The van der Waals surface area contributed by atoms with Crippen LogP contribution in [0.1, 0.15) is 31.0 Å². The van der Waals surface area contributed by atoms with Crippen molar-refractivity contribution in [1.29, 1.82) is 0 Å². The molecule has 1 saturated heterocycles. The van der Waals surface area contributed by atoms with Gasteiger partial charge in [-0.1, -0.05) is 60.8 Å². The topological polar surface area (TPSA) is 50.2 Å². The molecule has 3 aromatic rings. The Balaban J connectivity index is 1.59. The molecule has 0 saturated carbocycles. The third-order valence-electron chi connectivity index (χ3n) is 5.86. The predicted molar refractivity (Wildman–Crippen MR) is 131 cm³/mol. The Kier molecular flexibility index (Phi) is 7.67. The van der Waals surface area contributed by atoms with E-state index >= 15 is 0 Å². The van der Waals surface area contributed by atoms with E-state index in [2.05, 4.69) is 16.5 Å². The number of fused-ring (bicyclic) bond motifs is 1. The average Bonchev–Trinajstić information content (AvgIpc) is 3.23. The maximum Gasteiger partial charge on any atom is 0.274 e. The number of nitrogens with one attached hydrogen (secondary N) is 1. The highest BCUT2D eigenvalue weighted by Gasteiger charge is 2.25. The molecule has 1 aromatic heterocycles. The Hall–Kier alpha value is -1.86. The van der Waals surface area contributed by atoms with Gasteiger partial charge in [0, 0.05) is 41.7 Å². The summed E-state index contributed by atoms with van der Waals surface area (Å²) in [7, 11) is 0. The molecule has 0 bridgehead atoms. The lowest BCUT2D eigenvalue weighted by Crippen LogP contribution is -2.40. The smallest absolute Gasteiger partial charge is 0.274 e. The molecule has 1 aliphatic heterocycles. The Bertz CT molecular complexity index is 1070. The molecular weight excluding hydrogens is 428 g/mol. The molecule has 0 radical (unpaired) electrons. The largest absolute Gasteiger partial charge is 0.297 e. The summed E-state index contributed by atoms with van der Waals surface area (Å²) >= 11 is 7.80. The van der Waals surface area contributed by atoms with E-state index in [0.29, 0.717) is 19.0 Å². The van der Waals surface area contributed by atoms with Crippen molar-refractivity contribution in [3.8, 4) is 0 Å². The van der Waals surface area contributed by atoms with Crippen LogP contribution in [0.4, 0.5) is 0 Å². The van der Waals surface area contributed by atoms with Gasteiger partial charge in [0.1, 0.15) is 0 Å². The highest BCUT2D eigenvalue weighted by molar-refractivity contribution is 7.97. The molecule has 1 atom stereocenters. The van der Waals surface area contributed by atoms with Gasteiger partial charge in [-0.2, -0.15) is 5.10 Å². The zero-order chi connectivity index (χ0) is 21.6. The molecule has 2 aromatic carbocycles. The van der Waals surface area contributed by atoms with Gasteiger partial charge >= 0.3 is 0 Å². The van der Waals surface area contributed by atoms with Crippen LogP contribution in [0.25, 0.3) is 10.8 Å². The summed E-state index contributed by atoms with van der Waals surface area (Å²) in [5.41, 5.74) is 2.07. The zero-order valence-electron chi connectivity index (χ0n) is 17.9. The fourth-order valence-corrected chi connectivity index (χ4v) is 4.88. The number of hydrogen-bond acceptors (Lipinski definition) is 5. The summed E-state index contributed by atoms with van der Waals surface area (Å²) in [6, 6.07) is 16.0. The molecule has 4 rings (SSSR count). The van der Waals surface area contributed by atoms with Crippen LogP contribution in [0.2, 0.25) is 5.02 Å². The Morgan fingerprint density at radius 2 is 1.94 bits per heavy atom. The number of aromatic nitrogens is 2. The summed E-state index contributed by atoms with van der Waals surface area (Å²) in [6.45, 7) is 5.82. The number of rotatable bonds is 9. The van der Waals surface area contributed by atoms with Crippen LogP contribution in [-0.2, 0) is 13.0 Å². The highest BCUT2D eigenvalue weighted by atomic mass is 35.5. The van der Waals surface area contributed by atoms with E-state index in [-0.39, 0.29) is 5.56 Å². The number of hydrogen-bond donors (Lipinski definition) is 1. The Morgan fingerprint density at radius 1 is 1.16 bits per heavy atom. The molecule has 0 aliphatic carbocycles. The van der Waals surface area contributed by atoms with Crippen LogP contribution < -0.4 is 10.3 Å². The fourth-order valence-electron chi connectivity index (χ4n) is 4.31. The molecule has 1 aliphatic rings. The first-order chi connectivity index (χ1) is 15.2. The van der Waals surface area contributed by atoms with Gasteiger partial charge in [-0.15, -0.1) is 0 Å². The van der Waals surface area contributed by atoms with Gasteiger partial charge in [0.2, 0.25) is 0 Å². The SMILES string of the molecule is CCSNCCN1CCCC1Cn1nc(Cc2ccc(Cl)cc2)c2ccccc2c1=O. The zero-order valence-corrected chi connectivity index (χ0v) is 19.5. The summed E-state index contributed by atoms with van der Waals surface area (Å²) in [5, 5.41) is 7.25. The molecule has 7 heteroatoms. The minimum atomic E-state index is 0.00182. The van der Waals surface area contributed by atoms with Gasteiger partial charge < -0.3 is 0 Å².